The van der Waals surface area contributed by atoms with Gasteiger partial charge in [-0.25, -0.2) is 0 Å². The molecule has 1 spiro atoms. The van der Waals surface area contributed by atoms with Crippen LogP contribution in [0.15, 0.2) is 42.5 Å². The van der Waals surface area contributed by atoms with Crippen molar-refractivity contribution in [2.24, 2.45) is 0 Å². The number of ether oxygens (including phenoxy) is 3. The van der Waals surface area contributed by atoms with Gasteiger partial charge in [-0.3, -0.25) is 14.9 Å². The molecule has 0 radical (unpaired) electrons. The Bertz CT molecular complexity index is 1130. The number of esters is 1. The third-order valence-corrected chi connectivity index (χ3v) is 6.48. The van der Waals surface area contributed by atoms with E-state index in [1.165, 1.54) is 19.2 Å². The van der Waals surface area contributed by atoms with E-state index in [1.807, 2.05) is 24.3 Å². The quantitative estimate of drug-likeness (QED) is 0.337. The van der Waals surface area contributed by atoms with E-state index in [0.29, 0.717) is 43.1 Å². The van der Waals surface area contributed by atoms with Crippen molar-refractivity contribution < 1.29 is 23.9 Å². The molecule has 1 atom stereocenters. The number of non-ortho nitro benzene ring substituents is 1. The average Bonchev–Trinajstić information content (AvgIpc) is 2.97. The first-order valence-electron chi connectivity index (χ1n) is 11.0. The lowest BCUT2D eigenvalue weighted by Crippen LogP contribution is -2.59. The van der Waals surface area contributed by atoms with Crippen molar-refractivity contribution in [2.45, 2.75) is 44.8 Å². The van der Waals surface area contributed by atoms with Crippen LogP contribution in [0.3, 0.4) is 0 Å². The monoisotopic (exact) mass is 452 g/mol. The Balaban J connectivity index is 1.77. The molecule has 0 saturated carbocycles. The molecule has 0 aromatic heterocycles. The van der Waals surface area contributed by atoms with Gasteiger partial charge >= 0.3 is 5.97 Å². The van der Waals surface area contributed by atoms with Gasteiger partial charge in [0.15, 0.2) is 11.5 Å². The van der Waals surface area contributed by atoms with Crippen molar-refractivity contribution in [3.63, 3.8) is 0 Å². The Hall–Kier alpha value is -3.55. The van der Waals surface area contributed by atoms with Crippen LogP contribution in [0.25, 0.3) is 6.08 Å². The van der Waals surface area contributed by atoms with E-state index in [-0.39, 0.29) is 11.7 Å². The number of nitrogens with zero attached hydrogens (tertiary/aromatic N) is 2. The average molecular weight is 453 g/mol. The van der Waals surface area contributed by atoms with Gasteiger partial charge < -0.3 is 19.1 Å². The lowest BCUT2D eigenvalue weighted by atomic mass is 9.76. The summed E-state index contributed by atoms with van der Waals surface area (Å²) in [6, 6.07) is 11.0. The van der Waals surface area contributed by atoms with Crippen molar-refractivity contribution in [3.05, 3.63) is 63.7 Å². The second-order valence-corrected chi connectivity index (χ2v) is 8.66. The first-order valence-corrected chi connectivity index (χ1v) is 11.0. The number of nitro groups is 1. The first kappa shape index (κ1) is 22.6. The summed E-state index contributed by atoms with van der Waals surface area (Å²) >= 11 is 0. The van der Waals surface area contributed by atoms with Crippen LogP contribution < -0.4 is 14.4 Å². The zero-order valence-electron chi connectivity index (χ0n) is 19.3. The molecule has 0 amide bonds. The van der Waals surface area contributed by atoms with E-state index < -0.39 is 16.1 Å². The zero-order valence-corrected chi connectivity index (χ0v) is 19.3. The number of hydrogen-bond acceptors (Lipinski definition) is 7. The highest BCUT2D eigenvalue weighted by Crippen LogP contribution is 2.56. The van der Waals surface area contributed by atoms with Crippen molar-refractivity contribution in [1.29, 1.82) is 0 Å². The van der Waals surface area contributed by atoms with Gasteiger partial charge in [-0.15, -0.1) is 0 Å². The molecule has 8 heteroatoms. The fourth-order valence-corrected chi connectivity index (χ4v) is 4.82. The first-order chi connectivity index (χ1) is 15.7. The molecule has 2 aliphatic heterocycles. The molecule has 0 fully saturated rings. The smallest absolute Gasteiger partial charge is 0.305 e. The maximum Gasteiger partial charge on any atom is 0.305 e. The molecule has 174 valence electrons. The summed E-state index contributed by atoms with van der Waals surface area (Å²) in [7, 11) is 1.47. The number of methoxy groups -OCH3 is 1. The molecule has 0 aliphatic carbocycles. The van der Waals surface area contributed by atoms with Crippen LogP contribution in [0.4, 0.5) is 11.4 Å². The standard InChI is InChI=1S/C25H28N2O6/c1-5-32-22(28)11-8-14-26-20-10-7-6-9-19(20)24(2,3)25(26)13-12-17-15-18(27(29)30)16-21(31-4)23(17)33-25/h6-7,9-10,12-13,15-16H,5,8,11,14H2,1-4H3. The summed E-state index contributed by atoms with van der Waals surface area (Å²) in [5, 5.41) is 11.4. The number of para-hydroxylation sites is 1. The number of nitro benzene ring substituents is 1. The molecular weight excluding hydrogens is 424 g/mol. The molecule has 0 N–H and O–H groups in total. The molecule has 33 heavy (non-hydrogen) atoms. The van der Waals surface area contributed by atoms with E-state index in [9.17, 15) is 14.9 Å². The minimum absolute atomic E-state index is 0.0601. The number of rotatable bonds is 7. The van der Waals surface area contributed by atoms with Gasteiger partial charge in [0.05, 0.1) is 30.1 Å². The second-order valence-electron chi connectivity index (χ2n) is 8.66. The normalized spacial score (nSPS) is 19.6. The SMILES string of the molecule is CCOC(=O)CCCN1c2ccccc2C(C)(C)C12C=Cc1cc([N+](=O)[O-])cc(OC)c1O2. The maximum atomic E-state index is 11.9. The highest BCUT2D eigenvalue weighted by Gasteiger charge is 2.59. The van der Waals surface area contributed by atoms with Crippen molar-refractivity contribution in [3.8, 4) is 11.5 Å². The van der Waals surface area contributed by atoms with Crippen LogP contribution >= 0.6 is 0 Å². The van der Waals surface area contributed by atoms with Gasteiger partial charge in [0.2, 0.25) is 5.72 Å². The number of benzene rings is 2. The molecule has 0 saturated heterocycles. The molecule has 4 rings (SSSR count). The van der Waals surface area contributed by atoms with Gasteiger partial charge in [0, 0.05) is 30.3 Å². The minimum Gasteiger partial charge on any atom is -0.493 e. The van der Waals surface area contributed by atoms with Gasteiger partial charge in [0.1, 0.15) is 0 Å². The summed E-state index contributed by atoms with van der Waals surface area (Å²) in [5.74, 6) is 0.542. The Morgan fingerprint density at radius 2 is 2.00 bits per heavy atom. The lowest BCUT2D eigenvalue weighted by molar-refractivity contribution is -0.385. The van der Waals surface area contributed by atoms with E-state index >= 15 is 0 Å². The molecule has 2 aliphatic rings. The summed E-state index contributed by atoms with van der Waals surface area (Å²) < 4.78 is 17.3. The van der Waals surface area contributed by atoms with E-state index in [2.05, 4.69) is 30.9 Å². The number of fused-ring (bicyclic) bond motifs is 2. The van der Waals surface area contributed by atoms with Gasteiger partial charge in [-0.1, -0.05) is 18.2 Å². The Labute approximate surface area is 192 Å². The largest absolute Gasteiger partial charge is 0.493 e. The van der Waals surface area contributed by atoms with E-state index in [0.717, 1.165) is 11.3 Å². The van der Waals surface area contributed by atoms with Crippen LogP contribution in [0.5, 0.6) is 11.5 Å². The number of hydrogen-bond donors (Lipinski definition) is 0. The van der Waals surface area contributed by atoms with E-state index in [1.54, 1.807) is 6.92 Å². The fourth-order valence-electron chi connectivity index (χ4n) is 4.82. The van der Waals surface area contributed by atoms with Crippen LogP contribution in [0.1, 0.15) is 44.7 Å². The fraction of sp³-hybridized carbons (Fsp3) is 0.400. The third-order valence-electron chi connectivity index (χ3n) is 6.48. The number of anilines is 1. The number of carbonyl (C=O) groups is 1. The molecule has 2 aromatic rings. The molecule has 2 heterocycles. The second kappa shape index (κ2) is 8.42. The molecule has 2 aromatic carbocycles. The van der Waals surface area contributed by atoms with Crippen LogP contribution in [0, 0.1) is 10.1 Å². The van der Waals surface area contributed by atoms with Crippen LogP contribution in [-0.4, -0.2) is 36.9 Å². The Kier molecular flexibility index (Phi) is 5.78. The zero-order chi connectivity index (χ0) is 23.8. The summed E-state index contributed by atoms with van der Waals surface area (Å²) in [6.45, 7) is 6.95. The summed E-state index contributed by atoms with van der Waals surface area (Å²) in [4.78, 5) is 25.0. The topological polar surface area (TPSA) is 91.1 Å². The van der Waals surface area contributed by atoms with Crippen molar-refractivity contribution in [2.75, 3.05) is 25.2 Å². The Morgan fingerprint density at radius 1 is 1.24 bits per heavy atom. The predicted octanol–water partition coefficient (Wildman–Crippen LogP) is 4.85. The molecule has 8 nitrogen and oxygen atoms in total. The van der Waals surface area contributed by atoms with Crippen molar-refractivity contribution >= 4 is 23.4 Å². The third kappa shape index (κ3) is 3.59. The van der Waals surface area contributed by atoms with E-state index in [4.69, 9.17) is 14.2 Å². The number of carbonyl (C=O) groups excluding carboxylic acids is 1. The summed E-state index contributed by atoms with van der Waals surface area (Å²) in [6.07, 6.45) is 4.72. The van der Waals surface area contributed by atoms with Crippen molar-refractivity contribution in [1.82, 2.24) is 0 Å². The molecule has 0 bridgehead atoms. The predicted molar refractivity (Wildman–Crippen MR) is 125 cm³/mol. The Morgan fingerprint density at radius 3 is 2.70 bits per heavy atom. The molecule has 1 unspecified atom stereocenters. The van der Waals surface area contributed by atoms with Crippen LogP contribution in [-0.2, 0) is 14.9 Å². The summed E-state index contributed by atoms with van der Waals surface area (Å²) in [5.41, 5.74) is 1.31. The minimum atomic E-state index is -0.901. The van der Waals surface area contributed by atoms with Crippen LogP contribution in [0.2, 0.25) is 0 Å². The van der Waals surface area contributed by atoms with Gasteiger partial charge in [-0.2, -0.15) is 0 Å². The maximum absolute atomic E-state index is 11.9. The highest BCUT2D eigenvalue weighted by molar-refractivity contribution is 5.75. The van der Waals surface area contributed by atoms with Gasteiger partial charge in [0.25, 0.3) is 5.69 Å². The van der Waals surface area contributed by atoms with Gasteiger partial charge in [-0.05, 0) is 51.0 Å². The highest BCUT2D eigenvalue weighted by atomic mass is 16.6. The molecular formula is C25H28N2O6. The lowest BCUT2D eigenvalue weighted by Gasteiger charge is -2.47.